The standard InChI is InChI=1S/C10H16O/c1-3-4-5-9-7-10(11)6-8(9)2/h6,9H,3-5,7H2,1-2H3. The molecule has 0 fully saturated rings. The lowest BCUT2D eigenvalue weighted by Gasteiger charge is -2.08. The van der Waals surface area contributed by atoms with E-state index in [1.165, 1.54) is 24.8 Å². The van der Waals surface area contributed by atoms with Crippen LogP contribution in [0.15, 0.2) is 11.6 Å². The molecule has 0 aliphatic heterocycles. The van der Waals surface area contributed by atoms with Crippen molar-refractivity contribution in [1.29, 1.82) is 0 Å². The van der Waals surface area contributed by atoms with Gasteiger partial charge in [0.2, 0.25) is 0 Å². The zero-order valence-electron chi connectivity index (χ0n) is 7.39. The molecule has 1 aliphatic rings. The van der Waals surface area contributed by atoms with E-state index >= 15 is 0 Å². The van der Waals surface area contributed by atoms with Gasteiger partial charge >= 0.3 is 0 Å². The van der Waals surface area contributed by atoms with Crippen molar-refractivity contribution in [3.05, 3.63) is 11.6 Å². The van der Waals surface area contributed by atoms with E-state index in [0.717, 1.165) is 6.42 Å². The summed E-state index contributed by atoms with van der Waals surface area (Å²) in [5.74, 6) is 0.894. The maximum absolute atomic E-state index is 11.0. The molecule has 1 rings (SSSR count). The Balaban J connectivity index is 2.38. The Bertz CT molecular complexity index is 179. The van der Waals surface area contributed by atoms with Crippen molar-refractivity contribution in [2.45, 2.75) is 39.5 Å². The predicted octanol–water partition coefficient (Wildman–Crippen LogP) is 2.71. The number of hydrogen-bond donors (Lipinski definition) is 0. The van der Waals surface area contributed by atoms with Gasteiger partial charge < -0.3 is 0 Å². The molecule has 11 heavy (non-hydrogen) atoms. The molecule has 0 saturated carbocycles. The first kappa shape index (κ1) is 8.51. The molecule has 1 aliphatic carbocycles. The van der Waals surface area contributed by atoms with E-state index in [4.69, 9.17) is 0 Å². The molecule has 62 valence electrons. The van der Waals surface area contributed by atoms with Gasteiger partial charge in [-0.25, -0.2) is 0 Å². The molecular formula is C10H16O. The Hall–Kier alpha value is -0.590. The van der Waals surface area contributed by atoms with Crippen LogP contribution in [0.25, 0.3) is 0 Å². The monoisotopic (exact) mass is 152 g/mol. The van der Waals surface area contributed by atoms with Gasteiger partial charge in [-0.05, 0) is 25.3 Å². The van der Waals surface area contributed by atoms with Crippen molar-refractivity contribution in [2.75, 3.05) is 0 Å². The van der Waals surface area contributed by atoms with Crippen molar-refractivity contribution >= 4 is 5.78 Å². The summed E-state index contributed by atoms with van der Waals surface area (Å²) in [4.78, 5) is 11.0. The number of carbonyl (C=O) groups is 1. The summed E-state index contributed by atoms with van der Waals surface area (Å²) in [6.45, 7) is 4.26. The first-order chi connectivity index (χ1) is 5.24. The van der Waals surface area contributed by atoms with Crippen LogP contribution in [0.4, 0.5) is 0 Å². The maximum Gasteiger partial charge on any atom is 0.156 e. The highest BCUT2D eigenvalue weighted by atomic mass is 16.1. The average Bonchev–Trinajstić information content (AvgIpc) is 2.26. The highest BCUT2D eigenvalue weighted by molar-refractivity contribution is 5.93. The van der Waals surface area contributed by atoms with Crippen LogP contribution in [0, 0.1) is 5.92 Å². The molecule has 1 unspecified atom stereocenters. The van der Waals surface area contributed by atoms with Crippen LogP contribution in [0.3, 0.4) is 0 Å². The van der Waals surface area contributed by atoms with E-state index < -0.39 is 0 Å². The Morgan fingerprint density at radius 2 is 2.36 bits per heavy atom. The Morgan fingerprint density at radius 1 is 1.64 bits per heavy atom. The summed E-state index contributed by atoms with van der Waals surface area (Å²) in [5, 5.41) is 0. The van der Waals surface area contributed by atoms with E-state index in [1.54, 1.807) is 6.08 Å². The van der Waals surface area contributed by atoms with E-state index in [1.807, 2.05) is 0 Å². The van der Waals surface area contributed by atoms with Gasteiger partial charge in [0.1, 0.15) is 0 Å². The van der Waals surface area contributed by atoms with Gasteiger partial charge in [-0.2, -0.15) is 0 Å². The van der Waals surface area contributed by atoms with Crippen molar-refractivity contribution in [2.24, 2.45) is 5.92 Å². The van der Waals surface area contributed by atoms with Gasteiger partial charge in [-0.1, -0.05) is 25.3 Å². The number of hydrogen-bond acceptors (Lipinski definition) is 1. The number of ketones is 1. The fourth-order valence-corrected chi connectivity index (χ4v) is 1.61. The Kier molecular flexibility index (Phi) is 2.86. The lowest BCUT2D eigenvalue weighted by Crippen LogP contribution is -1.98. The Labute approximate surface area is 68.5 Å². The third kappa shape index (κ3) is 2.18. The van der Waals surface area contributed by atoms with E-state index in [2.05, 4.69) is 13.8 Å². The molecule has 0 aromatic heterocycles. The lowest BCUT2D eigenvalue weighted by atomic mass is 9.96. The van der Waals surface area contributed by atoms with Crippen LogP contribution >= 0.6 is 0 Å². The quantitative estimate of drug-likeness (QED) is 0.607. The molecule has 0 aromatic rings. The molecule has 0 amide bonds. The van der Waals surface area contributed by atoms with Crippen molar-refractivity contribution in [3.63, 3.8) is 0 Å². The predicted molar refractivity (Wildman–Crippen MR) is 46.4 cm³/mol. The van der Waals surface area contributed by atoms with Gasteiger partial charge in [-0.15, -0.1) is 0 Å². The lowest BCUT2D eigenvalue weighted by molar-refractivity contribution is -0.114. The molecule has 0 heterocycles. The topological polar surface area (TPSA) is 17.1 Å². The van der Waals surface area contributed by atoms with Gasteiger partial charge in [0, 0.05) is 6.42 Å². The van der Waals surface area contributed by atoms with Crippen LogP contribution in [0.1, 0.15) is 39.5 Å². The molecule has 0 saturated heterocycles. The van der Waals surface area contributed by atoms with Gasteiger partial charge in [0.05, 0.1) is 0 Å². The third-order valence-electron chi connectivity index (χ3n) is 2.39. The second kappa shape index (κ2) is 3.70. The largest absolute Gasteiger partial charge is 0.295 e. The molecular weight excluding hydrogens is 136 g/mol. The molecule has 0 radical (unpaired) electrons. The molecule has 0 bridgehead atoms. The molecule has 0 spiro atoms. The minimum Gasteiger partial charge on any atom is -0.295 e. The molecule has 1 nitrogen and oxygen atoms in total. The van der Waals surface area contributed by atoms with E-state index in [0.29, 0.717) is 11.7 Å². The molecule has 0 aromatic carbocycles. The Morgan fingerprint density at radius 3 is 2.82 bits per heavy atom. The van der Waals surface area contributed by atoms with Crippen LogP contribution in [-0.4, -0.2) is 5.78 Å². The minimum atomic E-state index is 0.323. The van der Waals surface area contributed by atoms with Crippen molar-refractivity contribution in [1.82, 2.24) is 0 Å². The SMILES string of the molecule is CCCCC1CC(=O)C=C1C. The fraction of sp³-hybridized carbons (Fsp3) is 0.700. The summed E-state index contributed by atoms with van der Waals surface area (Å²) < 4.78 is 0. The molecule has 1 heteroatoms. The fourth-order valence-electron chi connectivity index (χ4n) is 1.61. The van der Waals surface area contributed by atoms with E-state index in [-0.39, 0.29) is 0 Å². The summed E-state index contributed by atoms with van der Waals surface area (Å²) in [6.07, 6.45) is 6.26. The number of rotatable bonds is 3. The zero-order chi connectivity index (χ0) is 8.27. The van der Waals surface area contributed by atoms with Gasteiger partial charge in [-0.3, -0.25) is 4.79 Å². The number of carbonyl (C=O) groups excluding carboxylic acids is 1. The second-order valence-electron chi connectivity index (χ2n) is 3.40. The third-order valence-corrected chi connectivity index (χ3v) is 2.39. The van der Waals surface area contributed by atoms with Crippen molar-refractivity contribution < 1.29 is 4.79 Å². The maximum atomic E-state index is 11.0. The first-order valence-corrected chi connectivity index (χ1v) is 4.45. The summed E-state index contributed by atoms with van der Waals surface area (Å²) >= 11 is 0. The highest BCUT2D eigenvalue weighted by Crippen LogP contribution is 2.27. The normalized spacial score (nSPS) is 24.0. The molecule has 0 N–H and O–H groups in total. The van der Waals surface area contributed by atoms with Crippen LogP contribution in [0.5, 0.6) is 0 Å². The summed E-state index contributed by atoms with van der Waals surface area (Å²) in [5.41, 5.74) is 1.29. The highest BCUT2D eigenvalue weighted by Gasteiger charge is 2.20. The summed E-state index contributed by atoms with van der Waals surface area (Å²) in [7, 11) is 0. The van der Waals surface area contributed by atoms with Crippen LogP contribution in [0.2, 0.25) is 0 Å². The van der Waals surface area contributed by atoms with Crippen LogP contribution < -0.4 is 0 Å². The van der Waals surface area contributed by atoms with Gasteiger partial charge in [0.15, 0.2) is 5.78 Å². The molecule has 1 atom stereocenters. The number of allylic oxidation sites excluding steroid dienone is 2. The van der Waals surface area contributed by atoms with Crippen LogP contribution in [-0.2, 0) is 4.79 Å². The average molecular weight is 152 g/mol. The smallest absolute Gasteiger partial charge is 0.156 e. The zero-order valence-corrected chi connectivity index (χ0v) is 7.39. The number of unbranched alkanes of at least 4 members (excludes halogenated alkanes) is 1. The van der Waals surface area contributed by atoms with Gasteiger partial charge in [0.25, 0.3) is 0 Å². The van der Waals surface area contributed by atoms with Crippen molar-refractivity contribution in [3.8, 4) is 0 Å². The second-order valence-corrected chi connectivity index (χ2v) is 3.40. The minimum absolute atomic E-state index is 0.323. The summed E-state index contributed by atoms with van der Waals surface area (Å²) in [6, 6.07) is 0. The first-order valence-electron chi connectivity index (χ1n) is 4.45. The van der Waals surface area contributed by atoms with E-state index in [9.17, 15) is 4.79 Å².